The number of β-amino-alcohol motifs (C(OH)–C–C–N with tert-alkyl or cyclic N) is 1. The van der Waals surface area contributed by atoms with Gasteiger partial charge in [0.05, 0.1) is 11.8 Å². The summed E-state index contributed by atoms with van der Waals surface area (Å²) in [4.78, 5) is 16.8. The Morgan fingerprint density at radius 2 is 2.05 bits per heavy atom. The van der Waals surface area contributed by atoms with E-state index in [2.05, 4.69) is 10.00 Å². The Kier molecular flexibility index (Phi) is 3.99. The summed E-state index contributed by atoms with van der Waals surface area (Å²) < 4.78 is 1.80. The fourth-order valence-corrected chi connectivity index (χ4v) is 3.38. The van der Waals surface area contributed by atoms with Crippen LogP contribution in [0.5, 0.6) is 0 Å². The molecule has 6 nitrogen and oxygen atoms in total. The number of hydrogen-bond acceptors (Lipinski definition) is 4. The minimum Gasteiger partial charge on any atom is -0.389 e. The fraction of sp³-hybridized carbons (Fsp3) is 0.750. The number of hydrogen-bond donors (Lipinski definition) is 1. The predicted octanol–water partition coefficient (Wildman–Crippen LogP) is 0.439. The monoisotopic (exact) mass is 306 g/mol. The van der Waals surface area contributed by atoms with Crippen LogP contribution in [0, 0.1) is 5.92 Å². The number of aliphatic hydroxyl groups is 1. The second-order valence-corrected chi connectivity index (χ2v) is 7.31. The first-order valence-electron chi connectivity index (χ1n) is 8.05. The SMILES string of the molecule is Cn1cc(C2CC2C(=O)N2CCN(CC(C)(C)O)CC2)cn1. The average Bonchev–Trinajstić information content (AvgIpc) is 3.12. The van der Waals surface area contributed by atoms with Gasteiger partial charge in [-0.1, -0.05) is 0 Å². The molecule has 1 aliphatic carbocycles. The lowest BCUT2D eigenvalue weighted by Crippen LogP contribution is -2.52. The Morgan fingerprint density at radius 3 is 2.59 bits per heavy atom. The zero-order chi connectivity index (χ0) is 15.9. The van der Waals surface area contributed by atoms with Crippen molar-refractivity contribution in [3.05, 3.63) is 18.0 Å². The summed E-state index contributed by atoms with van der Waals surface area (Å²) in [6, 6.07) is 0. The van der Waals surface area contributed by atoms with E-state index < -0.39 is 5.60 Å². The molecule has 22 heavy (non-hydrogen) atoms. The lowest BCUT2D eigenvalue weighted by Gasteiger charge is -2.37. The third kappa shape index (κ3) is 3.50. The minimum absolute atomic E-state index is 0.144. The molecule has 2 fully saturated rings. The smallest absolute Gasteiger partial charge is 0.226 e. The Morgan fingerprint density at radius 1 is 1.36 bits per heavy atom. The van der Waals surface area contributed by atoms with Gasteiger partial charge < -0.3 is 10.0 Å². The second kappa shape index (κ2) is 5.66. The third-order valence-corrected chi connectivity index (χ3v) is 4.56. The molecule has 1 aliphatic heterocycles. The van der Waals surface area contributed by atoms with Gasteiger partial charge in [-0.25, -0.2) is 0 Å². The van der Waals surface area contributed by atoms with Crippen LogP contribution in [0.1, 0.15) is 31.7 Å². The molecule has 0 radical (unpaired) electrons. The average molecular weight is 306 g/mol. The minimum atomic E-state index is -0.673. The van der Waals surface area contributed by atoms with E-state index in [1.54, 1.807) is 4.68 Å². The number of carbonyl (C=O) groups is 1. The van der Waals surface area contributed by atoms with E-state index in [0.717, 1.165) is 32.6 Å². The van der Waals surface area contributed by atoms with Crippen molar-refractivity contribution >= 4 is 5.91 Å². The normalized spacial score (nSPS) is 26.3. The maximum Gasteiger partial charge on any atom is 0.226 e. The van der Waals surface area contributed by atoms with Gasteiger partial charge in [0, 0.05) is 51.9 Å². The largest absolute Gasteiger partial charge is 0.389 e. The first-order valence-corrected chi connectivity index (χ1v) is 8.05. The van der Waals surface area contributed by atoms with E-state index in [4.69, 9.17) is 0 Å². The van der Waals surface area contributed by atoms with E-state index in [0.29, 0.717) is 12.5 Å². The number of aromatic nitrogens is 2. The van der Waals surface area contributed by atoms with E-state index in [1.165, 1.54) is 5.56 Å². The summed E-state index contributed by atoms with van der Waals surface area (Å²) in [5.74, 6) is 0.789. The van der Waals surface area contributed by atoms with Crippen molar-refractivity contribution in [2.24, 2.45) is 13.0 Å². The first-order chi connectivity index (χ1) is 10.3. The van der Waals surface area contributed by atoms with Crippen molar-refractivity contribution in [1.82, 2.24) is 19.6 Å². The topological polar surface area (TPSA) is 61.6 Å². The van der Waals surface area contributed by atoms with Crippen LogP contribution in [0.15, 0.2) is 12.4 Å². The Labute approximate surface area is 131 Å². The van der Waals surface area contributed by atoms with Gasteiger partial charge in [-0.2, -0.15) is 5.10 Å². The van der Waals surface area contributed by atoms with Crippen LogP contribution in [-0.2, 0) is 11.8 Å². The summed E-state index contributed by atoms with van der Waals surface area (Å²) in [6.45, 7) is 7.55. The molecular weight excluding hydrogens is 280 g/mol. The molecule has 2 heterocycles. The van der Waals surface area contributed by atoms with Gasteiger partial charge in [0.1, 0.15) is 0 Å². The highest BCUT2D eigenvalue weighted by molar-refractivity contribution is 5.83. The Hall–Kier alpha value is -1.40. The lowest BCUT2D eigenvalue weighted by atomic mass is 10.1. The molecule has 1 amide bonds. The molecule has 1 aromatic rings. The van der Waals surface area contributed by atoms with Gasteiger partial charge in [0.15, 0.2) is 0 Å². The van der Waals surface area contributed by atoms with Gasteiger partial charge in [0.25, 0.3) is 0 Å². The van der Waals surface area contributed by atoms with Crippen molar-refractivity contribution < 1.29 is 9.90 Å². The second-order valence-electron chi connectivity index (χ2n) is 7.31. The summed E-state index contributed by atoms with van der Waals surface area (Å²) in [5.41, 5.74) is 0.509. The van der Waals surface area contributed by atoms with Crippen molar-refractivity contribution in [3.8, 4) is 0 Å². The number of amides is 1. The van der Waals surface area contributed by atoms with Crippen molar-refractivity contribution in [3.63, 3.8) is 0 Å². The molecule has 122 valence electrons. The fourth-order valence-electron chi connectivity index (χ4n) is 3.38. The van der Waals surface area contributed by atoms with Gasteiger partial charge in [-0.15, -0.1) is 0 Å². The van der Waals surface area contributed by atoms with Gasteiger partial charge in [-0.05, 0) is 31.7 Å². The first kappa shape index (κ1) is 15.5. The van der Waals surface area contributed by atoms with Crippen LogP contribution < -0.4 is 0 Å². The quantitative estimate of drug-likeness (QED) is 0.877. The molecule has 2 aliphatic rings. The molecule has 0 spiro atoms. The van der Waals surface area contributed by atoms with Crippen LogP contribution in [0.3, 0.4) is 0 Å². The third-order valence-electron chi connectivity index (χ3n) is 4.56. The summed E-state index contributed by atoms with van der Waals surface area (Å²) >= 11 is 0. The predicted molar refractivity (Wildman–Crippen MR) is 83.4 cm³/mol. The molecule has 0 bridgehead atoms. The van der Waals surface area contributed by atoms with E-state index >= 15 is 0 Å². The molecule has 1 aromatic heterocycles. The van der Waals surface area contributed by atoms with E-state index in [-0.39, 0.29) is 11.8 Å². The Balaban J connectivity index is 1.49. The van der Waals surface area contributed by atoms with Crippen LogP contribution in [0.4, 0.5) is 0 Å². The van der Waals surface area contributed by atoms with Crippen molar-refractivity contribution in [2.45, 2.75) is 31.8 Å². The number of piperazine rings is 1. The van der Waals surface area contributed by atoms with Gasteiger partial charge in [-0.3, -0.25) is 14.4 Å². The van der Waals surface area contributed by atoms with Gasteiger partial charge >= 0.3 is 0 Å². The molecule has 0 aromatic carbocycles. The molecule has 3 rings (SSSR count). The maximum atomic E-state index is 12.6. The molecule has 1 saturated heterocycles. The summed E-state index contributed by atoms with van der Waals surface area (Å²) in [6.07, 6.45) is 4.84. The van der Waals surface area contributed by atoms with Crippen LogP contribution in [-0.4, -0.2) is 68.9 Å². The Bertz CT molecular complexity index is 541. The number of rotatable bonds is 4. The van der Waals surface area contributed by atoms with Crippen molar-refractivity contribution in [1.29, 1.82) is 0 Å². The van der Waals surface area contributed by atoms with Crippen molar-refractivity contribution in [2.75, 3.05) is 32.7 Å². The zero-order valence-electron chi connectivity index (χ0n) is 13.7. The molecular formula is C16H26N4O2. The van der Waals surface area contributed by atoms with E-state index in [9.17, 15) is 9.90 Å². The highest BCUT2D eigenvalue weighted by Gasteiger charge is 2.46. The molecule has 6 heteroatoms. The summed E-state index contributed by atoms with van der Waals surface area (Å²) in [7, 11) is 1.91. The highest BCUT2D eigenvalue weighted by atomic mass is 16.3. The van der Waals surface area contributed by atoms with Crippen LogP contribution >= 0.6 is 0 Å². The molecule has 2 unspecified atom stereocenters. The van der Waals surface area contributed by atoms with Crippen LogP contribution in [0.2, 0.25) is 0 Å². The zero-order valence-corrected chi connectivity index (χ0v) is 13.7. The van der Waals surface area contributed by atoms with E-state index in [1.807, 2.05) is 38.2 Å². The number of carbonyl (C=O) groups excluding carboxylic acids is 1. The van der Waals surface area contributed by atoms with Gasteiger partial charge in [0.2, 0.25) is 5.91 Å². The molecule has 1 saturated carbocycles. The highest BCUT2D eigenvalue weighted by Crippen LogP contribution is 2.48. The molecule has 2 atom stereocenters. The standard InChI is InChI=1S/C16H26N4O2/c1-16(2,22)11-19-4-6-20(7-5-19)15(21)14-8-13(14)12-9-17-18(3)10-12/h9-10,13-14,22H,4-8,11H2,1-3H3. The number of nitrogens with zero attached hydrogens (tertiary/aromatic N) is 4. The number of aryl methyl sites for hydroxylation is 1. The summed E-state index contributed by atoms with van der Waals surface area (Å²) in [5, 5.41) is 14.1. The van der Waals surface area contributed by atoms with Crippen LogP contribution in [0.25, 0.3) is 0 Å². The maximum absolute atomic E-state index is 12.6. The lowest BCUT2D eigenvalue weighted by molar-refractivity contribution is -0.134. The molecule has 1 N–H and O–H groups in total.